The van der Waals surface area contributed by atoms with E-state index >= 15 is 0 Å². The number of thioether (sulfide) groups is 1. The van der Waals surface area contributed by atoms with Gasteiger partial charge in [0.15, 0.2) is 0 Å². The van der Waals surface area contributed by atoms with E-state index in [0.717, 1.165) is 0 Å². The van der Waals surface area contributed by atoms with Crippen LogP contribution in [-0.4, -0.2) is 5.50 Å². The molecule has 1 aromatic carbocycles. The fourth-order valence-corrected chi connectivity index (χ4v) is 3.89. The van der Waals surface area contributed by atoms with Crippen LogP contribution in [0, 0.1) is 0 Å². The van der Waals surface area contributed by atoms with Crippen LogP contribution in [0.25, 0.3) is 10.1 Å². The average molecular weight is 208 g/mol. The molecule has 0 fully saturated rings. The Hall–Kier alpha value is -0.710. The van der Waals surface area contributed by atoms with Crippen LogP contribution in [0.15, 0.2) is 28.5 Å². The van der Waals surface area contributed by atoms with Gasteiger partial charge in [-0.2, -0.15) is 0 Å². The van der Waals surface area contributed by atoms with Crippen molar-refractivity contribution in [3.63, 3.8) is 0 Å². The van der Waals surface area contributed by atoms with Gasteiger partial charge in [-0.25, -0.2) is 0 Å². The number of rotatable bonds is 0. The minimum Gasteiger partial charge on any atom is -0.359 e. The molecule has 2 aromatic rings. The lowest BCUT2D eigenvalue weighted by Gasteiger charge is -2.02. The maximum atomic E-state index is 5.78. The van der Waals surface area contributed by atoms with Crippen molar-refractivity contribution >= 4 is 38.9 Å². The molecule has 1 aliphatic rings. The molecule has 3 N–H and O–H groups in total. The first-order chi connectivity index (χ1) is 6.34. The molecule has 0 aliphatic carbocycles. The summed E-state index contributed by atoms with van der Waals surface area (Å²) in [6.45, 7) is 0. The van der Waals surface area contributed by atoms with Crippen molar-refractivity contribution in [2.45, 2.75) is 9.71 Å². The summed E-state index contributed by atoms with van der Waals surface area (Å²) in [5.41, 5.74) is 7.03. The number of fused-ring (bicyclic) bond motifs is 3. The number of hydrogen-bond acceptors (Lipinski definition) is 4. The molecule has 4 heteroatoms. The molecule has 1 aliphatic heterocycles. The quantitative estimate of drug-likeness (QED) is 0.699. The highest BCUT2D eigenvalue weighted by molar-refractivity contribution is 8.02. The van der Waals surface area contributed by atoms with Crippen molar-refractivity contribution < 1.29 is 0 Å². The molecule has 1 aromatic heterocycles. The second-order valence-electron chi connectivity index (χ2n) is 2.94. The van der Waals surface area contributed by atoms with Crippen molar-refractivity contribution in [1.82, 2.24) is 0 Å². The van der Waals surface area contributed by atoms with E-state index < -0.39 is 0 Å². The lowest BCUT2D eigenvalue weighted by Crippen LogP contribution is -2.20. The zero-order chi connectivity index (χ0) is 8.84. The number of nitrogens with one attached hydrogen (secondary N) is 1. The van der Waals surface area contributed by atoms with Gasteiger partial charge in [0.1, 0.15) is 5.50 Å². The second kappa shape index (κ2) is 2.64. The van der Waals surface area contributed by atoms with Crippen LogP contribution in [0.4, 0.5) is 5.69 Å². The molecular weight excluding hydrogens is 200 g/mol. The standard InChI is InChI=1S/C9H8N2S2/c10-9-11-7-5-3-1-2-4-6(5)12-8(7)13-9/h1-4,9,11H,10H2. The van der Waals surface area contributed by atoms with Gasteiger partial charge in [-0.15, -0.1) is 11.3 Å². The van der Waals surface area contributed by atoms with Crippen LogP contribution in [-0.2, 0) is 0 Å². The molecular formula is C9H8N2S2. The van der Waals surface area contributed by atoms with E-state index in [4.69, 9.17) is 5.73 Å². The van der Waals surface area contributed by atoms with Crippen molar-refractivity contribution in [2.24, 2.45) is 5.73 Å². The normalized spacial score (nSPS) is 20.2. The van der Waals surface area contributed by atoms with E-state index in [1.165, 1.54) is 20.0 Å². The second-order valence-corrected chi connectivity index (χ2v) is 5.41. The van der Waals surface area contributed by atoms with Gasteiger partial charge in [0.05, 0.1) is 9.90 Å². The third-order valence-corrected chi connectivity index (χ3v) is 4.38. The van der Waals surface area contributed by atoms with Crippen LogP contribution < -0.4 is 11.1 Å². The number of anilines is 1. The van der Waals surface area contributed by atoms with E-state index in [9.17, 15) is 0 Å². The fraction of sp³-hybridized carbons (Fsp3) is 0.111. The lowest BCUT2D eigenvalue weighted by molar-refractivity contribution is 1.08. The predicted octanol–water partition coefficient (Wildman–Crippen LogP) is 2.66. The minimum atomic E-state index is 0.0332. The molecule has 0 radical (unpaired) electrons. The largest absolute Gasteiger partial charge is 0.359 e. The summed E-state index contributed by atoms with van der Waals surface area (Å²) in [6.07, 6.45) is 0. The average Bonchev–Trinajstić information content (AvgIpc) is 2.60. The first kappa shape index (κ1) is 7.67. The molecule has 0 amide bonds. The summed E-state index contributed by atoms with van der Waals surface area (Å²) in [5, 5.41) is 4.57. The highest BCUT2D eigenvalue weighted by Gasteiger charge is 2.22. The van der Waals surface area contributed by atoms with Crippen molar-refractivity contribution in [3.8, 4) is 0 Å². The zero-order valence-corrected chi connectivity index (χ0v) is 8.41. The van der Waals surface area contributed by atoms with Gasteiger partial charge in [-0.1, -0.05) is 30.0 Å². The minimum absolute atomic E-state index is 0.0332. The molecule has 13 heavy (non-hydrogen) atoms. The van der Waals surface area contributed by atoms with E-state index in [1.807, 2.05) is 11.3 Å². The summed E-state index contributed by atoms with van der Waals surface area (Å²) < 4.78 is 2.65. The zero-order valence-electron chi connectivity index (χ0n) is 6.78. The van der Waals surface area contributed by atoms with Gasteiger partial charge in [0.2, 0.25) is 0 Å². The molecule has 2 nitrogen and oxygen atoms in total. The fourth-order valence-electron chi connectivity index (χ4n) is 1.53. The van der Waals surface area contributed by atoms with Crippen LogP contribution in [0.5, 0.6) is 0 Å². The van der Waals surface area contributed by atoms with Gasteiger partial charge in [-0.3, -0.25) is 0 Å². The maximum Gasteiger partial charge on any atom is 0.128 e. The molecule has 0 spiro atoms. The van der Waals surface area contributed by atoms with Crippen LogP contribution in [0.2, 0.25) is 0 Å². The van der Waals surface area contributed by atoms with Crippen molar-refractivity contribution in [2.75, 3.05) is 5.32 Å². The summed E-state index contributed by atoms with van der Waals surface area (Å²) in [4.78, 5) is 0. The third-order valence-electron chi connectivity index (χ3n) is 2.08. The van der Waals surface area contributed by atoms with E-state index in [0.29, 0.717) is 0 Å². The monoisotopic (exact) mass is 208 g/mol. The molecule has 3 rings (SSSR count). The Morgan fingerprint density at radius 3 is 3.08 bits per heavy atom. The Morgan fingerprint density at radius 1 is 1.31 bits per heavy atom. The summed E-state index contributed by atoms with van der Waals surface area (Å²) >= 11 is 3.51. The summed E-state index contributed by atoms with van der Waals surface area (Å²) in [6, 6.07) is 8.41. The van der Waals surface area contributed by atoms with Gasteiger partial charge in [-0.05, 0) is 6.07 Å². The van der Waals surface area contributed by atoms with Gasteiger partial charge < -0.3 is 11.1 Å². The Morgan fingerprint density at radius 2 is 2.15 bits per heavy atom. The lowest BCUT2D eigenvalue weighted by atomic mass is 10.2. The number of hydrogen-bond donors (Lipinski definition) is 2. The molecule has 1 unspecified atom stereocenters. The Bertz CT molecular complexity index is 464. The first-order valence-electron chi connectivity index (χ1n) is 4.05. The predicted molar refractivity (Wildman–Crippen MR) is 59.3 cm³/mol. The first-order valence-corrected chi connectivity index (χ1v) is 5.74. The number of nitrogens with two attached hydrogens (primary N) is 1. The highest BCUT2D eigenvalue weighted by Crippen LogP contribution is 2.47. The topological polar surface area (TPSA) is 38.0 Å². The summed E-state index contributed by atoms with van der Waals surface area (Å²) in [7, 11) is 0. The maximum absolute atomic E-state index is 5.78. The van der Waals surface area contributed by atoms with E-state index in [2.05, 4.69) is 29.6 Å². The molecule has 1 atom stereocenters. The van der Waals surface area contributed by atoms with E-state index in [1.54, 1.807) is 11.8 Å². The smallest absolute Gasteiger partial charge is 0.128 e. The Labute approximate surface area is 84.1 Å². The van der Waals surface area contributed by atoms with Gasteiger partial charge in [0.25, 0.3) is 0 Å². The van der Waals surface area contributed by atoms with Crippen molar-refractivity contribution in [1.29, 1.82) is 0 Å². The number of thiophene rings is 1. The summed E-state index contributed by atoms with van der Waals surface area (Å²) in [5.74, 6) is 0. The van der Waals surface area contributed by atoms with Crippen molar-refractivity contribution in [3.05, 3.63) is 24.3 Å². The molecule has 66 valence electrons. The Kier molecular flexibility index (Phi) is 1.56. The molecule has 0 bridgehead atoms. The third kappa shape index (κ3) is 1.06. The van der Waals surface area contributed by atoms with Crippen LogP contribution >= 0.6 is 23.1 Å². The van der Waals surface area contributed by atoms with Gasteiger partial charge >= 0.3 is 0 Å². The van der Waals surface area contributed by atoms with Crippen LogP contribution in [0.1, 0.15) is 0 Å². The Balaban J connectivity index is 2.31. The van der Waals surface area contributed by atoms with E-state index in [-0.39, 0.29) is 5.50 Å². The highest BCUT2D eigenvalue weighted by atomic mass is 32.2. The van der Waals surface area contributed by atoms with Crippen LogP contribution in [0.3, 0.4) is 0 Å². The SMILES string of the molecule is NC1Nc2c(sc3ccccc23)S1. The molecule has 0 saturated carbocycles. The molecule has 2 heterocycles. The van der Waals surface area contributed by atoms with Gasteiger partial charge in [0, 0.05) is 10.1 Å². The molecule has 0 saturated heterocycles. The number of benzene rings is 1.